The first-order valence-corrected chi connectivity index (χ1v) is 9.11. The van der Waals surface area contributed by atoms with Crippen molar-refractivity contribution in [3.8, 4) is 0 Å². The SMILES string of the molecule is CCCCC/C=C\C[C@@H](O)/C=C/[C@@H](C(C)=O)[C@@H](C=O)CCCC(=O)O. The summed E-state index contributed by atoms with van der Waals surface area (Å²) in [5.41, 5.74) is 0. The minimum absolute atomic E-state index is 0.0237. The van der Waals surface area contributed by atoms with Crippen LogP contribution in [0.15, 0.2) is 24.3 Å². The molecule has 5 nitrogen and oxygen atoms in total. The number of allylic oxidation sites excluding steroid dienone is 2. The maximum absolute atomic E-state index is 11.8. The van der Waals surface area contributed by atoms with Crippen LogP contribution in [-0.4, -0.2) is 34.4 Å². The summed E-state index contributed by atoms with van der Waals surface area (Å²) in [6.45, 7) is 3.56. The summed E-state index contributed by atoms with van der Waals surface area (Å²) in [6, 6.07) is 0. The van der Waals surface area contributed by atoms with E-state index in [1.54, 1.807) is 12.2 Å². The lowest BCUT2D eigenvalue weighted by Crippen LogP contribution is -2.22. The van der Waals surface area contributed by atoms with Crippen LogP contribution in [-0.2, 0) is 14.4 Å². The Labute approximate surface area is 150 Å². The molecule has 0 saturated heterocycles. The fourth-order valence-electron chi connectivity index (χ4n) is 2.59. The predicted octanol–water partition coefficient (Wildman–Crippen LogP) is 3.71. The number of aliphatic hydroxyl groups is 1. The van der Waals surface area contributed by atoms with E-state index >= 15 is 0 Å². The smallest absolute Gasteiger partial charge is 0.303 e. The van der Waals surface area contributed by atoms with Crippen LogP contribution in [0.3, 0.4) is 0 Å². The van der Waals surface area contributed by atoms with E-state index < -0.39 is 23.9 Å². The van der Waals surface area contributed by atoms with Gasteiger partial charge in [0.1, 0.15) is 12.1 Å². The molecule has 0 aliphatic heterocycles. The van der Waals surface area contributed by atoms with Crippen molar-refractivity contribution in [3.05, 3.63) is 24.3 Å². The molecule has 142 valence electrons. The van der Waals surface area contributed by atoms with Crippen LogP contribution in [0.2, 0.25) is 0 Å². The fourth-order valence-corrected chi connectivity index (χ4v) is 2.59. The maximum Gasteiger partial charge on any atom is 0.303 e. The summed E-state index contributed by atoms with van der Waals surface area (Å²) in [4.78, 5) is 33.6. The summed E-state index contributed by atoms with van der Waals surface area (Å²) in [5.74, 6) is -2.24. The van der Waals surface area contributed by atoms with E-state index in [9.17, 15) is 19.5 Å². The molecule has 0 aliphatic carbocycles. The van der Waals surface area contributed by atoms with Gasteiger partial charge in [-0.2, -0.15) is 0 Å². The van der Waals surface area contributed by atoms with Crippen molar-refractivity contribution < 1.29 is 24.6 Å². The van der Waals surface area contributed by atoms with Crippen molar-refractivity contribution in [2.24, 2.45) is 11.8 Å². The monoisotopic (exact) mass is 352 g/mol. The highest BCUT2D eigenvalue weighted by Gasteiger charge is 2.23. The standard InChI is InChI=1S/C20H32O5/c1-3-4-5-6-7-8-11-18(23)13-14-19(16(2)22)17(15-21)10-9-12-20(24)25/h7-8,13-15,17-19,23H,3-6,9-12H2,1-2H3,(H,24,25)/b8-7-,14-13+/t17-,18-,19+/m1/s1. The molecular weight excluding hydrogens is 320 g/mol. The molecule has 0 rings (SSSR count). The molecule has 0 aliphatic rings. The van der Waals surface area contributed by atoms with Gasteiger partial charge in [0.25, 0.3) is 0 Å². The average Bonchev–Trinajstić information content (AvgIpc) is 2.55. The Morgan fingerprint density at radius 2 is 1.80 bits per heavy atom. The molecule has 3 atom stereocenters. The van der Waals surface area contributed by atoms with E-state index in [4.69, 9.17) is 5.11 Å². The van der Waals surface area contributed by atoms with Gasteiger partial charge in [-0.1, -0.05) is 44.1 Å². The molecule has 0 unspecified atom stereocenters. The first kappa shape index (κ1) is 23.2. The Kier molecular flexibility index (Phi) is 13.6. The third kappa shape index (κ3) is 12.3. The van der Waals surface area contributed by atoms with E-state index in [0.29, 0.717) is 25.5 Å². The Balaban J connectivity index is 4.50. The van der Waals surface area contributed by atoms with Crippen LogP contribution in [0.1, 0.15) is 65.2 Å². The van der Waals surface area contributed by atoms with E-state index in [1.165, 1.54) is 19.8 Å². The second-order valence-electron chi connectivity index (χ2n) is 6.38. The van der Waals surface area contributed by atoms with Crippen LogP contribution < -0.4 is 0 Å². The van der Waals surface area contributed by atoms with Gasteiger partial charge >= 0.3 is 5.97 Å². The molecule has 0 radical (unpaired) electrons. The zero-order valence-electron chi connectivity index (χ0n) is 15.4. The lowest BCUT2D eigenvalue weighted by Gasteiger charge is -2.17. The largest absolute Gasteiger partial charge is 0.481 e. The molecule has 0 saturated carbocycles. The number of carbonyl (C=O) groups excluding carboxylic acids is 2. The fraction of sp³-hybridized carbons (Fsp3) is 0.650. The molecule has 0 aromatic carbocycles. The molecule has 25 heavy (non-hydrogen) atoms. The zero-order valence-corrected chi connectivity index (χ0v) is 15.4. The van der Waals surface area contributed by atoms with Gasteiger partial charge in [0, 0.05) is 18.3 Å². The first-order chi connectivity index (χ1) is 11.9. The van der Waals surface area contributed by atoms with Gasteiger partial charge in [-0.05, 0) is 39.0 Å². The van der Waals surface area contributed by atoms with Crippen molar-refractivity contribution in [1.82, 2.24) is 0 Å². The van der Waals surface area contributed by atoms with E-state index in [2.05, 4.69) is 13.0 Å². The van der Waals surface area contributed by atoms with Gasteiger partial charge in [0.2, 0.25) is 0 Å². The number of Topliss-reactive ketones (excluding diaryl/α,β-unsaturated/α-hetero) is 1. The van der Waals surface area contributed by atoms with Gasteiger partial charge in [0.05, 0.1) is 6.10 Å². The van der Waals surface area contributed by atoms with Crippen LogP contribution >= 0.6 is 0 Å². The van der Waals surface area contributed by atoms with Crippen molar-refractivity contribution in [2.45, 2.75) is 71.3 Å². The first-order valence-electron chi connectivity index (χ1n) is 9.11. The van der Waals surface area contributed by atoms with Crippen LogP contribution in [0, 0.1) is 11.8 Å². The van der Waals surface area contributed by atoms with Gasteiger partial charge in [-0.3, -0.25) is 9.59 Å². The molecule has 0 spiro atoms. The van der Waals surface area contributed by atoms with Crippen molar-refractivity contribution in [1.29, 1.82) is 0 Å². The third-order valence-corrected chi connectivity index (χ3v) is 4.09. The molecule has 0 amide bonds. The lowest BCUT2D eigenvalue weighted by atomic mass is 9.85. The third-order valence-electron chi connectivity index (χ3n) is 4.09. The summed E-state index contributed by atoms with van der Waals surface area (Å²) in [7, 11) is 0. The number of carboxylic acids is 1. The van der Waals surface area contributed by atoms with E-state index in [1.807, 2.05) is 6.08 Å². The molecule has 0 aromatic rings. The van der Waals surface area contributed by atoms with Gasteiger partial charge in [-0.25, -0.2) is 0 Å². The summed E-state index contributed by atoms with van der Waals surface area (Å²) in [5, 5.41) is 18.6. The molecule has 0 aromatic heterocycles. The van der Waals surface area contributed by atoms with E-state index in [0.717, 1.165) is 12.8 Å². The van der Waals surface area contributed by atoms with Gasteiger partial charge in [0.15, 0.2) is 0 Å². The second-order valence-corrected chi connectivity index (χ2v) is 6.38. The highest BCUT2D eigenvalue weighted by Crippen LogP contribution is 2.20. The minimum Gasteiger partial charge on any atom is -0.481 e. The van der Waals surface area contributed by atoms with Crippen molar-refractivity contribution in [3.63, 3.8) is 0 Å². The zero-order chi connectivity index (χ0) is 19.1. The van der Waals surface area contributed by atoms with Crippen molar-refractivity contribution in [2.75, 3.05) is 0 Å². The highest BCUT2D eigenvalue weighted by atomic mass is 16.4. The number of carboxylic acid groups (broad SMARTS) is 1. The number of carbonyl (C=O) groups is 3. The van der Waals surface area contributed by atoms with Crippen molar-refractivity contribution >= 4 is 18.0 Å². The highest BCUT2D eigenvalue weighted by molar-refractivity contribution is 5.83. The number of unbranched alkanes of at least 4 members (excludes halogenated alkanes) is 3. The van der Waals surface area contributed by atoms with E-state index in [-0.39, 0.29) is 12.2 Å². The molecule has 0 heterocycles. The summed E-state index contributed by atoms with van der Waals surface area (Å²) < 4.78 is 0. The number of hydrogen-bond acceptors (Lipinski definition) is 4. The number of aldehydes is 1. The Morgan fingerprint density at radius 3 is 2.36 bits per heavy atom. The Morgan fingerprint density at radius 1 is 1.08 bits per heavy atom. The Hall–Kier alpha value is -1.75. The number of hydrogen-bond donors (Lipinski definition) is 2. The van der Waals surface area contributed by atoms with Crippen LogP contribution in [0.25, 0.3) is 0 Å². The predicted molar refractivity (Wildman–Crippen MR) is 98.3 cm³/mol. The molecule has 2 N–H and O–H groups in total. The topological polar surface area (TPSA) is 91.7 Å². The molecular formula is C20H32O5. The molecule has 5 heteroatoms. The number of rotatable bonds is 15. The number of aliphatic carboxylic acids is 1. The Bertz CT molecular complexity index is 453. The minimum atomic E-state index is -0.916. The molecule has 0 fully saturated rings. The number of aliphatic hydroxyl groups excluding tert-OH is 1. The quantitative estimate of drug-likeness (QED) is 0.266. The van der Waals surface area contributed by atoms with Gasteiger partial charge < -0.3 is 15.0 Å². The second kappa shape index (κ2) is 14.6. The average molecular weight is 352 g/mol. The van der Waals surface area contributed by atoms with Crippen LogP contribution in [0.4, 0.5) is 0 Å². The summed E-state index contributed by atoms with van der Waals surface area (Å²) >= 11 is 0. The normalized spacial score (nSPS) is 15.3. The summed E-state index contributed by atoms with van der Waals surface area (Å²) in [6.07, 6.45) is 12.8. The van der Waals surface area contributed by atoms with Gasteiger partial charge in [-0.15, -0.1) is 0 Å². The van der Waals surface area contributed by atoms with Crippen LogP contribution in [0.5, 0.6) is 0 Å². The number of ketones is 1. The molecule has 0 bridgehead atoms. The maximum atomic E-state index is 11.8. The lowest BCUT2D eigenvalue weighted by molar-refractivity contribution is -0.137.